The van der Waals surface area contributed by atoms with E-state index in [9.17, 15) is 0 Å². The van der Waals surface area contributed by atoms with E-state index in [1.54, 1.807) is 7.11 Å². The van der Waals surface area contributed by atoms with Crippen LogP contribution >= 0.6 is 34.2 Å². The summed E-state index contributed by atoms with van der Waals surface area (Å²) in [6.45, 7) is 2.10. The molecule has 2 rings (SSSR count). The normalized spacial score (nSPS) is 12.2. The zero-order chi connectivity index (χ0) is 14.7. The highest BCUT2D eigenvalue weighted by atomic mass is 127. The number of aryl methyl sites for hydroxylation is 1. The first-order valence-electron chi connectivity index (χ1n) is 6.36. The smallest absolute Gasteiger partial charge is 0.122 e. The van der Waals surface area contributed by atoms with Crippen molar-refractivity contribution in [2.45, 2.75) is 19.4 Å². The van der Waals surface area contributed by atoms with Crippen molar-refractivity contribution in [2.75, 3.05) is 7.11 Å². The summed E-state index contributed by atoms with van der Waals surface area (Å²) in [4.78, 5) is 0. The number of rotatable bonds is 4. The van der Waals surface area contributed by atoms with Crippen molar-refractivity contribution in [1.82, 2.24) is 0 Å². The lowest BCUT2D eigenvalue weighted by Crippen LogP contribution is -2.15. The molecular weight excluding hydrogens is 385 g/mol. The maximum Gasteiger partial charge on any atom is 0.122 e. The van der Waals surface area contributed by atoms with Crippen LogP contribution in [-0.4, -0.2) is 7.11 Å². The highest BCUT2D eigenvalue weighted by molar-refractivity contribution is 14.1. The Morgan fingerprint density at radius 3 is 2.75 bits per heavy atom. The van der Waals surface area contributed by atoms with Gasteiger partial charge in [-0.05, 0) is 70.8 Å². The molecule has 1 atom stereocenters. The number of hydrogen-bond acceptors (Lipinski definition) is 2. The van der Waals surface area contributed by atoms with Crippen LogP contribution in [0.2, 0.25) is 5.02 Å². The van der Waals surface area contributed by atoms with Crippen LogP contribution in [0.5, 0.6) is 5.75 Å². The van der Waals surface area contributed by atoms with Crippen molar-refractivity contribution in [3.05, 3.63) is 61.7 Å². The Kier molecular flexibility index (Phi) is 5.29. The van der Waals surface area contributed by atoms with Gasteiger partial charge in [-0.2, -0.15) is 0 Å². The third-order valence-electron chi connectivity index (χ3n) is 3.30. The highest BCUT2D eigenvalue weighted by Crippen LogP contribution is 2.29. The third kappa shape index (κ3) is 3.45. The number of halogens is 2. The Morgan fingerprint density at radius 1 is 1.30 bits per heavy atom. The molecule has 2 aromatic rings. The molecule has 0 heterocycles. The molecule has 20 heavy (non-hydrogen) atoms. The predicted octanol–water partition coefficient (Wildman–Crippen LogP) is 4.50. The van der Waals surface area contributed by atoms with Crippen molar-refractivity contribution in [2.24, 2.45) is 5.73 Å². The topological polar surface area (TPSA) is 35.2 Å². The zero-order valence-corrected chi connectivity index (χ0v) is 14.4. The molecule has 2 nitrogen and oxygen atoms in total. The molecule has 106 valence electrons. The minimum atomic E-state index is -0.0748. The van der Waals surface area contributed by atoms with Gasteiger partial charge in [0.1, 0.15) is 5.75 Å². The van der Waals surface area contributed by atoms with Gasteiger partial charge in [0.05, 0.1) is 7.11 Å². The number of nitrogens with two attached hydrogens (primary N) is 1. The average Bonchev–Trinajstić information content (AvgIpc) is 2.42. The summed E-state index contributed by atoms with van der Waals surface area (Å²) >= 11 is 8.41. The van der Waals surface area contributed by atoms with Crippen molar-refractivity contribution in [3.8, 4) is 5.75 Å². The quantitative estimate of drug-likeness (QED) is 0.765. The monoisotopic (exact) mass is 401 g/mol. The number of benzene rings is 2. The molecule has 1 unspecified atom stereocenters. The Morgan fingerprint density at radius 2 is 2.05 bits per heavy atom. The highest BCUT2D eigenvalue weighted by Gasteiger charge is 2.14. The Labute approximate surface area is 138 Å². The molecular formula is C16H17ClINO. The second-order valence-corrected chi connectivity index (χ2v) is 6.26. The first-order chi connectivity index (χ1) is 9.52. The van der Waals surface area contributed by atoms with Gasteiger partial charge in [0.25, 0.3) is 0 Å². The molecule has 4 heteroatoms. The summed E-state index contributed by atoms with van der Waals surface area (Å²) in [5.41, 5.74) is 9.81. The lowest BCUT2D eigenvalue weighted by Gasteiger charge is -2.17. The van der Waals surface area contributed by atoms with Crippen molar-refractivity contribution < 1.29 is 4.74 Å². The summed E-state index contributed by atoms with van der Waals surface area (Å²) in [5.74, 6) is 0.826. The van der Waals surface area contributed by atoms with E-state index >= 15 is 0 Å². The van der Waals surface area contributed by atoms with E-state index in [1.165, 1.54) is 9.13 Å². The summed E-state index contributed by atoms with van der Waals surface area (Å²) < 4.78 is 6.60. The minimum Gasteiger partial charge on any atom is -0.496 e. The Bertz CT molecular complexity index is 615. The molecule has 0 bridgehead atoms. The van der Waals surface area contributed by atoms with Crippen LogP contribution < -0.4 is 10.5 Å². The number of hydrogen-bond donors (Lipinski definition) is 1. The minimum absolute atomic E-state index is 0.0748. The molecule has 0 aliphatic carbocycles. The number of ether oxygens (including phenoxy) is 1. The first kappa shape index (κ1) is 15.6. The summed E-state index contributed by atoms with van der Waals surface area (Å²) in [6.07, 6.45) is 0.698. The van der Waals surface area contributed by atoms with Gasteiger partial charge in [-0.15, -0.1) is 0 Å². The molecule has 0 spiro atoms. The molecule has 0 saturated heterocycles. The molecule has 2 aromatic carbocycles. The Balaban J connectivity index is 2.30. The molecule has 0 fully saturated rings. The second kappa shape index (κ2) is 6.78. The fraction of sp³-hybridized carbons (Fsp3) is 0.250. The second-order valence-electron chi connectivity index (χ2n) is 4.74. The Hall–Kier alpha value is -0.780. The van der Waals surface area contributed by atoms with Crippen LogP contribution in [0, 0.1) is 10.5 Å². The van der Waals surface area contributed by atoms with E-state index in [0.29, 0.717) is 11.4 Å². The van der Waals surface area contributed by atoms with Gasteiger partial charge < -0.3 is 10.5 Å². The first-order valence-corrected chi connectivity index (χ1v) is 7.81. The van der Waals surface area contributed by atoms with Crippen molar-refractivity contribution in [3.63, 3.8) is 0 Å². The molecule has 0 saturated carbocycles. The van der Waals surface area contributed by atoms with E-state index in [4.69, 9.17) is 22.1 Å². The standard InChI is InChI=1S/C16H17ClINO/c1-10-4-3-5-13(16(10)18)14(19)9-11-8-12(17)6-7-15(11)20-2/h3-8,14H,9,19H2,1-2H3. The fourth-order valence-corrected chi connectivity index (χ4v) is 3.16. The SMILES string of the molecule is COc1ccc(Cl)cc1CC(N)c1cccc(C)c1I. The van der Waals surface area contributed by atoms with Gasteiger partial charge in [-0.1, -0.05) is 29.8 Å². The summed E-state index contributed by atoms with van der Waals surface area (Å²) in [6, 6.07) is 11.8. The molecule has 0 aliphatic heterocycles. The van der Waals surface area contributed by atoms with Crippen LogP contribution in [-0.2, 0) is 6.42 Å². The van der Waals surface area contributed by atoms with Gasteiger partial charge in [0, 0.05) is 14.6 Å². The van der Waals surface area contributed by atoms with Crippen LogP contribution in [0.4, 0.5) is 0 Å². The van der Waals surface area contributed by atoms with E-state index in [0.717, 1.165) is 16.9 Å². The molecule has 2 N–H and O–H groups in total. The van der Waals surface area contributed by atoms with E-state index in [-0.39, 0.29) is 6.04 Å². The van der Waals surface area contributed by atoms with Gasteiger partial charge in [-0.3, -0.25) is 0 Å². The number of methoxy groups -OCH3 is 1. The lowest BCUT2D eigenvalue weighted by molar-refractivity contribution is 0.408. The lowest BCUT2D eigenvalue weighted by atomic mass is 9.98. The van der Waals surface area contributed by atoms with E-state index < -0.39 is 0 Å². The summed E-state index contributed by atoms with van der Waals surface area (Å²) in [5, 5.41) is 0.701. The largest absolute Gasteiger partial charge is 0.496 e. The van der Waals surface area contributed by atoms with Gasteiger partial charge in [-0.25, -0.2) is 0 Å². The summed E-state index contributed by atoms with van der Waals surface area (Å²) in [7, 11) is 1.66. The zero-order valence-electron chi connectivity index (χ0n) is 11.5. The van der Waals surface area contributed by atoms with E-state index in [2.05, 4.69) is 41.6 Å². The maximum atomic E-state index is 6.37. The fourth-order valence-electron chi connectivity index (χ4n) is 2.21. The van der Waals surface area contributed by atoms with Gasteiger partial charge in [0.2, 0.25) is 0 Å². The maximum absolute atomic E-state index is 6.37. The molecule has 0 amide bonds. The van der Waals surface area contributed by atoms with Crippen LogP contribution in [0.15, 0.2) is 36.4 Å². The van der Waals surface area contributed by atoms with Crippen LogP contribution in [0.1, 0.15) is 22.7 Å². The van der Waals surface area contributed by atoms with E-state index in [1.807, 2.05) is 24.3 Å². The van der Waals surface area contributed by atoms with Crippen LogP contribution in [0.3, 0.4) is 0 Å². The molecule has 0 aliphatic rings. The molecule has 0 aromatic heterocycles. The van der Waals surface area contributed by atoms with Gasteiger partial charge >= 0.3 is 0 Å². The average molecular weight is 402 g/mol. The van der Waals surface area contributed by atoms with Crippen LogP contribution in [0.25, 0.3) is 0 Å². The third-order valence-corrected chi connectivity index (χ3v) is 5.01. The van der Waals surface area contributed by atoms with Gasteiger partial charge in [0.15, 0.2) is 0 Å². The molecule has 0 radical (unpaired) electrons. The van der Waals surface area contributed by atoms with Crippen molar-refractivity contribution in [1.29, 1.82) is 0 Å². The predicted molar refractivity (Wildman–Crippen MR) is 92.5 cm³/mol. The van der Waals surface area contributed by atoms with Crippen molar-refractivity contribution >= 4 is 34.2 Å².